The minimum absolute atomic E-state index is 0.0746. The topological polar surface area (TPSA) is 120 Å². The van der Waals surface area contributed by atoms with Gasteiger partial charge in [-0.3, -0.25) is 9.38 Å². The zero-order chi connectivity index (χ0) is 30.0. The van der Waals surface area contributed by atoms with Crippen LogP contribution in [0, 0.1) is 24.6 Å². The highest BCUT2D eigenvalue weighted by Gasteiger charge is 2.29. The van der Waals surface area contributed by atoms with Crippen molar-refractivity contribution in [3.8, 4) is 29.0 Å². The smallest absolute Gasteiger partial charge is 0.410 e. The molecule has 12 heteroatoms. The first kappa shape index (κ1) is 29.0. The van der Waals surface area contributed by atoms with E-state index in [4.69, 9.17) is 9.47 Å². The third-order valence-corrected chi connectivity index (χ3v) is 7.00. The molecule has 1 saturated heterocycles. The molecule has 0 aliphatic carbocycles. The first-order valence-electron chi connectivity index (χ1n) is 13.8. The number of likely N-dealkylation sites (tertiary alicyclic amines) is 1. The Labute approximate surface area is 243 Å². The molecule has 0 bridgehead atoms. The molecule has 0 radical (unpaired) electrons. The van der Waals surface area contributed by atoms with Gasteiger partial charge >= 0.3 is 6.09 Å². The quantitative estimate of drug-likeness (QED) is 0.334. The molecule has 4 aromatic heterocycles. The Balaban J connectivity index is 1.44. The summed E-state index contributed by atoms with van der Waals surface area (Å²) < 4.78 is 28.9. The first-order chi connectivity index (χ1) is 20.1. The number of ether oxygens (including phenoxy) is 2. The van der Waals surface area contributed by atoms with Crippen LogP contribution in [0.1, 0.15) is 69.8 Å². The van der Waals surface area contributed by atoms with E-state index in [-0.39, 0.29) is 18.7 Å². The average molecular weight is 576 g/mol. The lowest BCUT2D eigenvalue weighted by molar-refractivity contribution is 0.0183. The highest BCUT2D eigenvalue weighted by molar-refractivity contribution is 5.69. The number of carbonyl (C=O) groups is 1. The van der Waals surface area contributed by atoms with Gasteiger partial charge in [-0.2, -0.15) is 0 Å². The second-order valence-electron chi connectivity index (χ2n) is 11.2. The first-order valence-corrected chi connectivity index (χ1v) is 13.8. The largest absolute Gasteiger partial charge is 0.466 e. The van der Waals surface area contributed by atoms with E-state index >= 15 is 0 Å². The van der Waals surface area contributed by atoms with Crippen molar-refractivity contribution in [2.45, 2.75) is 65.2 Å². The highest BCUT2D eigenvalue weighted by atomic mass is 19.1. The number of carbonyl (C=O) groups excluding carboxylic acids is 1. The van der Waals surface area contributed by atoms with Crippen LogP contribution in [0.5, 0.6) is 5.88 Å². The Kier molecular flexibility index (Phi) is 8.13. The summed E-state index contributed by atoms with van der Waals surface area (Å²) in [5, 5.41) is 19.1. The van der Waals surface area contributed by atoms with Crippen LogP contribution in [-0.4, -0.2) is 70.8 Å². The predicted octanol–water partition coefficient (Wildman–Crippen LogP) is 4.49. The molecule has 220 valence electrons. The lowest BCUT2D eigenvalue weighted by Gasteiger charge is -2.33. The standard InChI is InChI=1S/C30H34FN7O4/c1-6-7-23-17-33-26-14-20(15-27(37(23)26)41-25(18-39)24-9-8-21(31)16-32-24)28-19(2)38(35-34-28)22-10-12-36(13-11-22)29(40)42-30(3,4)5/h8-9,14-17,22,25,39H,10-13,18H2,1-5H3. The maximum absolute atomic E-state index is 13.5. The molecular weight excluding hydrogens is 541 g/mol. The monoisotopic (exact) mass is 575 g/mol. The van der Waals surface area contributed by atoms with Crippen LogP contribution in [0.25, 0.3) is 16.9 Å². The highest BCUT2D eigenvalue weighted by Crippen LogP contribution is 2.33. The summed E-state index contributed by atoms with van der Waals surface area (Å²) in [7, 11) is 0. The van der Waals surface area contributed by atoms with E-state index in [1.165, 1.54) is 12.1 Å². The van der Waals surface area contributed by atoms with Crippen molar-refractivity contribution in [1.29, 1.82) is 0 Å². The maximum atomic E-state index is 13.5. The molecule has 1 N–H and O–H groups in total. The number of imidazole rings is 1. The maximum Gasteiger partial charge on any atom is 0.410 e. The molecule has 11 nitrogen and oxygen atoms in total. The van der Waals surface area contributed by atoms with Gasteiger partial charge in [0.1, 0.15) is 28.5 Å². The zero-order valence-corrected chi connectivity index (χ0v) is 24.3. The number of hydrogen-bond acceptors (Lipinski definition) is 8. The number of fused-ring (bicyclic) bond motifs is 1. The van der Waals surface area contributed by atoms with Crippen LogP contribution < -0.4 is 4.74 Å². The molecule has 1 aliphatic rings. The molecule has 1 aliphatic heterocycles. The third kappa shape index (κ3) is 6.06. The molecule has 1 amide bonds. The Hall–Kier alpha value is -4.50. The van der Waals surface area contributed by atoms with Gasteiger partial charge in [0.15, 0.2) is 6.10 Å². The van der Waals surface area contributed by atoms with Gasteiger partial charge in [0.25, 0.3) is 0 Å². The zero-order valence-electron chi connectivity index (χ0n) is 24.3. The van der Waals surface area contributed by atoms with Crippen LogP contribution in [0.3, 0.4) is 0 Å². The van der Waals surface area contributed by atoms with Gasteiger partial charge < -0.3 is 19.5 Å². The van der Waals surface area contributed by atoms with Crippen LogP contribution in [-0.2, 0) is 4.74 Å². The number of nitrogens with zero attached hydrogens (tertiary/aromatic N) is 7. The minimum Gasteiger partial charge on any atom is -0.466 e. The van der Waals surface area contributed by atoms with E-state index in [0.29, 0.717) is 41.7 Å². The van der Waals surface area contributed by atoms with E-state index in [0.717, 1.165) is 30.3 Å². The number of piperidine rings is 1. The molecule has 5 heterocycles. The lowest BCUT2D eigenvalue weighted by Crippen LogP contribution is -2.42. The predicted molar refractivity (Wildman–Crippen MR) is 152 cm³/mol. The van der Waals surface area contributed by atoms with Crippen molar-refractivity contribution < 1.29 is 23.8 Å². The van der Waals surface area contributed by atoms with E-state index < -0.39 is 17.5 Å². The summed E-state index contributed by atoms with van der Waals surface area (Å²) in [6, 6.07) is 6.50. The molecule has 4 aromatic rings. The molecule has 0 aromatic carbocycles. The second-order valence-corrected chi connectivity index (χ2v) is 11.2. The number of aliphatic hydroxyl groups is 1. The van der Waals surface area contributed by atoms with Gasteiger partial charge in [-0.1, -0.05) is 11.1 Å². The normalized spacial score (nSPS) is 14.9. The fourth-order valence-electron chi connectivity index (χ4n) is 5.01. The molecule has 1 unspecified atom stereocenters. The Morgan fingerprint density at radius 1 is 1.19 bits per heavy atom. The summed E-state index contributed by atoms with van der Waals surface area (Å²) in [5.41, 5.74) is 3.25. The number of aliphatic hydroxyl groups excluding tert-OH is 1. The fraction of sp³-hybridized carbons (Fsp3) is 0.433. The van der Waals surface area contributed by atoms with Gasteiger partial charge in [0.2, 0.25) is 5.88 Å². The fourth-order valence-corrected chi connectivity index (χ4v) is 5.01. The average Bonchev–Trinajstić information content (AvgIpc) is 3.55. The molecule has 1 atom stereocenters. The van der Waals surface area contributed by atoms with Gasteiger partial charge in [0.05, 0.1) is 36.4 Å². The van der Waals surface area contributed by atoms with Crippen molar-refractivity contribution in [3.05, 3.63) is 59.6 Å². The third-order valence-electron chi connectivity index (χ3n) is 7.00. The summed E-state index contributed by atoms with van der Waals surface area (Å²) in [6.45, 7) is 10.0. The Morgan fingerprint density at radius 3 is 2.60 bits per heavy atom. The Bertz CT molecular complexity index is 1640. The summed E-state index contributed by atoms with van der Waals surface area (Å²) in [5.74, 6) is 5.79. The number of amides is 1. The summed E-state index contributed by atoms with van der Waals surface area (Å²) in [6.07, 6.45) is 3.01. The van der Waals surface area contributed by atoms with Crippen LogP contribution in [0.4, 0.5) is 9.18 Å². The van der Waals surface area contributed by atoms with E-state index in [9.17, 15) is 14.3 Å². The van der Waals surface area contributed by atoms with Gasteiger partial charge in [-0.05, 0) is 71.6 Å². The second kappa shape index (κ2) is 11.8. The van der Waals surface area contributed by atoms with E-state index in [1.807, 2.05) is 38.4 Å². The number of hydrogen-bond donors (Lipinski definition) is 1. The van der Waals surface area contributed by atoms with Crippen molar-refractivity contribution >= 4 is 11.7 Å². The summed E-state index contributed by atoms with van der Waals surface area (Å²) in [4.78, 5) is 22.8. The number of rotatable bonds is 6. The van der Waals surface area contributed by atoms with Gasteiger partial charge in [0, 0.05) is 24.7 Å². The molecular formula is C30H34FN7O4. The van der Waals surface area contributed by atoms with Crippen molar-refractivity contribution in [3.63, 3.8) is 0 Å². The van der Waals surface area contributed by atoms with Gasteiger partial charge in [-0.15, -0.1) is 5.10 Å². The molecule has 0 saturated carbocycles. The van der Waals surface area contributed by atoms with Crippen LogP contribution in [0.2, 0.25) is 0 Å². The number of aromatic nitrogens is 6. The molecule has 5 rings (SSSR count). The van der Waals surface area contributed by atoms with E-state index in [2.05, 4.69) is 32.1 Å². The van der Waals surface area contributed by atoms with Crippen LogP contribution in [0.15, 0.2) is 36.7 Å². The van der Waals surface area contributed by atoms with Gasteiger partial charge in [-0.25, -0.2) is 18.9 Å². The van der Waals surface area contributed by atoms with Crippen LogP contribution >= 0.6 is 0 Å². The number of pyridine rings is 2. The number of halogens is 1. The lowest BCUT2D eigenvalue weighted by atomic mass is 10.0. The summed E-state index contributed by atoms with van der Waals surface area (Å²) >= 11 is 0. The molecule has 0 spiro atoms. The van der Waals surface area contributed by atoms with Crippen molar-refractivity contribution in [2.24, 2.45) is 0 Å². The SMILES string of the molecule is CC#Cc1cnc2cc(-c3nnn(C4CCN(C(=O)OC(C)(C)C)CC4)c3C)cc(OC(CO)c3ccc(F)cn3)n12. The molecule has 1 fully saturated rings. The Morgan fingerprint density at radius 2 is 1.95 bits per heavy atom. The van der Waals surface area contributed by atoms with E-state index in [1.54, 1.807) is 28.5 Å². The van der Waals surface area contributed by atoms with Crippen molar-refractivity contribution in [2.75, 3.05) is 19.7 Å². The van der Waals surface area contributed by atoms with Crippen molar-refractivity contribution in [1.82, 2.24) is 34.3 Å². The minimum atomic E-state index is -0.860. The molecule has 42 heavy (non-hydrogen) atoms.